The van der Waals surface area contributed by atoms with Gasteiger partial charge in [-0.25, -0.2) is 4.98 Å². The number of benzene rings is 2. The number of ether oxygens (including phenoxy) is 1. The third kappa shape index (κ3) is 3.88. The van der Waals surface area contributed by atoms with Gasteiger partial charge >= 0.3 is 0 Å². The van der Waals surface area contributed by atoms with Gasteiger partial charge in [0.15, 0.2) is 0 Å². The zero-order chi connectivity index (χ0) is 17.8. The first-order chi connectivity index (χ1) is 12.1. The number of carbonyl (C=O) groups is 1. The van der Waals surface area contributed by atoms with Crippen molar-refractivity contribution < 1.29 is 9.53 Å². The Bertz CT molecular complexity index is 895. The highest BCUT2D eigenvalue weighted by molar-refractivity contribution is 5.92. The van der Waals surface area contributed by atoms with Crippen molar-refractivity contribution in [2.75, 3.05) is 7.11 Å². The molecule has 0 saturated heterocycles. The standard InChI is InChI=1S/C20H21N3O2/c1-13-8-10-18(25-3)15(12-13)9-11-19(24)21-14(2)20-22-16-6-4-5-7-17(16)23-20/h4-12,14H,1-3H3,(H,21,24)(H,22,23)/b11-9+. The van der Waals surface area contributed by atoms with Crippen LogP contribution in [0.2, 0.25) is 0 Å². The number of nitrogens with one attached hydrogen (secondary N) is 2. The van der Waals surface area contributed by atoms with Gasteiger partial charge in [-0.3, -0.25) is 4.79 Å². The minimum Gasteiger partial charge on any atom is -0.496 e. The van der Waals surface area contributed by atoms with E-state index in [1.165, 1.54) is 6.08 Å². The number of aromatic amines is 1. The first kappa shape index (κ1) is 16.8. The zero-order valence-electron chi connectivity index (χ0n) is 14.5. The molecule has 0 aliphatic heterocycles. The lowest BCUT2D eigenvalue weighted by molar-refractivity contribution is -0.117. The molecule has 0 fully saturated rings. The monoisotopic (exact) mass is 335 g/mol. The molecule has 25 heavy (non-hydrogen) atoms. The average molecular weight is 335 g/mol. The number of hydrogen-bond donors (Lipinski definition) is 2. The van der Waals surface area contributed by atoms with E-state index in [4.69, 9.17) is 4.74 Å². The van der Waals surface area contributed by atoms with E-state index in [1.807, 2.05) is 56.3 Å². The maximum atomic E-state index is 12.2. The highest BCUT2D eigenvalue weighted by Crippen LogP contribution is 2.21. The molecule has 1 amide bonds. The molecule has 128 valence electrons. The Kier molecular flexibility index (Phi) is 4.84. The SMILES string of the molecule is COc1ccc(C)cc1/C=C/C(=O)NC(C)c1nc2ccccc2[nH]1. The molecular formula is C20H21N3O2. The lowest BCUT2D eigenvalue weighted by Gasteiger charge is -2.09. The number of amides is 1. The molecule has 0 spiro atoms. The van der Waals surface area contributed by atoms with Crippen molar-refractivity contribution in [3.05, 3.63) is 65.5 Å². The molecule has 3 rings (SSSR count). The summed E-state index contributed by atoms with van der Waals surface area (Å²) >= 11 is 0. The number of fused-ring (bicyclic) bond motifs is 1. The van der Waals surface area contributed by atoms with Crippen molar-refractivity contribution in [1.82, 2.24) is 15.3 Å². The van der Waals surface area contributed by atoms with Gasteiger partial charge in [0.05, 0.1) is 24.2 Å². The number of para-hydroxylation sites is 2. The second kappa shape index (κ2) is 7.21. The summed E-state index contributed by atoms with van der Waals surface area (Å²) in [5, 5.41) is 2.92. The molecule has 0 radical (unpaired) electrons. The smallest absolute Gasteiger partial charge is 0.244 e. The molecule has 0 saturated carbocycles. The fraction of sp³-hybridized carbons (Fsp3) is 0.200. The fourth-order valence-corrected chi connectivity index (χ4v) is 2.66. The van der Waals surface area contributed by atoms with Crippen LogP contribution in [0.25, 0.3) is 17.1 Å². The fourth-order valence-electron chi connectivity index (χ4n) is 2.66. The van der Waals surface area contributed by atoms with Crippen molar-refractivity contribution >= 4 is 23.0 Å². The summed E-state index contributed by atoms with van der Waals surface area (Å²) in [6.45, 7) is 3.90. The number of hydrogen-bond acceptors (Lipinski definition) is 3. The van der Waals surface area contributed by atoms with E-state index in [-0.39, 0.29) is 11.9 Å². The summed E-state index contributed by atoms with van der Waals surface area (Å²) in [4.78, 5) is 20.0. The first-order valence-corrected chi connectivity index (χ1v) is 8.14. The number of rotatable bonds is 5. The van der Waals surface area contributed by atoms with Gasteiger partial charge in [0.25, 0.3) is 0 Å². The Morgan fingerprint density at radius 3 is 2.84 bits per heavy atom. The largest absolute Gasteiger partial charge is 0.496 e. The van der Waals surface area contributed by atoms with E-state index in [2.05, 4.69) is 15.3 Å². The summed E-state index contributed by atoms with van der Waals surface area (Å²) in [6.07, 6.45) is 3.27. The van der Waals surface area contributed by atoms with Crippen LogP contribution >= 0.6 is 0 Å². The maximum absolute atomic E-state index is 12.2. The van der Waals surface area contributed by atoms with Crippen LogP contribution in [0.5, 0.6) is 5.75 Å². The van der Waals surface area contributed by atoms with E-state index < -0.39 is 0 Å². The number of nitrogens with zero attached hydrogens (tertiary/aromatic N) is 1. The third-order valence-electron chi connectivity index (χ3n) is 3.98. The molecule has 0 bridgehead atoms. The number of imidazole rings is 1. The molecule has 1 heterocycles. The topological polar surface area (TPSA) is 67.0 Å². The van der Waals surface area contributed by atoms with E-state index in [0.717, 1.165) is 33.7 Å². The molecular weight excluding hydrogens is 314 g/mol. The quantitative estimate of drug-likeness (QED) is 0.698. The van der Waals surface area contributed by atoms with Crippen molar-refractivity contribution in [3.63, 3.8) is 0 Å². The lowest BCUT2D eigenvalue weighted by atomic mass is 10.1. The Hall–Kier alpha value is -3.08. The molecule has 5 heteroatoms. The van der Waals surface area contributed by atoms with Gasteiger partial charge in [-0.05, 0) is 44.2 Å². The van der Waals surface area contributed by atoms with Crippen LogP contribution in [0.3, 0.4) is 0 Å². The van der Waals surface area contributed by atoms with E-state index in [9.17, 15) is 4.79 Å². The van der Waals surface area contributed by atoms with Gasteiger partial charge < -0.3 is 15.0 Å². The highest BCUT2D eigenvalue weighted by Gasteiger charge is 2.12. The molecule has 0 aliphatic rings. The number of aromatic nitrogens is 2. The molecule has 0 aliphatic carbocycles. The van der Waals surface area contributed by atoms with Gasteiger partial charge in [-0.1, -0.05) is 23.8 Å². The van der Waals surface area contributed by atoms with E-state index in [1.54, 1.807) is 13.2 Å². The molecule has 2 N–H and O–H groups in total. The third-order valence-corrected chi connectivity index (χ3v) is 3.98. The lowest BCUT2D eigenvalue weighted by Crippen LogP contribution is -2.25. The van der Waals surface area contributed by atoms with Gasteiger partial charge in [0, 0.05) is 11.6 Å². The Labute approximate surface area is 146 Å². The van der Waals surface area contributed by atoms with Crippen molar-refractivity contribution in [3.8, 4) is 5.75 Å². The van der Waals surface area contributed by atoms with Crippen LogP contribution in [-0.2, 0) is 4.79 Å². The second-order valence-corrected chi connectivity index (χ2v) is 5.95. The van der Waals surface area contributed by atoms with Crippen LogP contribution in [0, 0.1) is 6.92 Å². The molecule has 5 nitrogen and oxygen atoms in total. The maximum Gasteiger partial charge on any atom is 0.244 e. The number of H-pyrrole nitrogens is 1. The normalized spacial score (nSPS) is 12.4. The van der Waals surface area contributed by atoms with Crippen LogP contribution in [-0.4, -0.2) is 23.0 Å². The molecule has 3 aromatic rings. The van der Waals surface area contributed by atoms with Crippen LogP contribution < -0.4 is 10.1 Å². The highest BCUT2D eigenvalue weighted by atomic mass is 16.5. The zero-order valence-corrected chi connectivity index (χ0v) is 14.5. The Balaban J connectivity index is 1.70. The Morgan fingerprint density at radius 1 is 1.28 bits per heavy atom. The van der Waals surface area contributed by atoms with Gasteiger partial charge in [0.1, 0.15) is 11.6 Å². The minimum atomic E-state index is -0.219. The predicted molar refractivity (Wildman–Crippen MR) is 99.4 cm³/mol. The number of aryl methyl sites for hydroxylation is 1. The average Bonchev–Trinajstić information content (AvgIpc) is 3.04. The van der Waals surface area contributed by atoms with Crippen LogP contribution in [0.4, 0.5) is 0 Å². The van der Waals surface area contributed by atoms with Crippen LogP contribution in [0.1, 0.15) is 29.9 Å². The van der Waals surface area contributed by atoms with Crippen LogP contribution in [0.15, 0.2) is 48.5 Å². The molecule has 2 aromatic carbocycles. The summed E-state index contributed by atoms with van der Waals surface area (Å²) in [6, 6.07) is 13.4. The first-order valence-electron chi connectivity index (χ1n) is 8.14. The summed E-state index contributed by atoms with van der Waals surface area (Å²) in [7, 11) is 1.62. The van der Waals surface area contributed by atoms with E-state index in [0.29, 0.717) is 0 Å². The van der Waals surface area contributed by atoms with E-state index >= 15 is 0 Å². The predicted octanol–water partition coefficient (Wildman–Crippen LogP) is 3.77. The number of methoxy groups -OCH3 is 1. The molecule has 1 aromatic heterocycles. The van der Waals surface area contributed by atoms with Gasteiger partial charge in [-0.15, -0.1) is 0 Å². The Morgan fingerprint density at radius 2 is 2.08 bits per heavy atom. The van der Waals surface area contributed by atoms with Crippen molar-refractivity contribution in [1.29, 1.82) is 0 Å². The van der Waals surface area contributed by atoms with Crippen molar-refractivity contribution in [2.24, 2.45) is 0 Å². The van der Waals surface area contributed by atoms with Gasteiger partial charge in [0.2, 0.25) is 5.91 Å². The second-order valence-electron chi connectivity index (χ2n) is 5.95. The molecule has 1 unspecified atom stereocenters. The van der Waals surface area contributed by atoms with Crippen molar-refractivity contribution in [2.45, 2.75) is 19.9 Å². The number of carbonyl (C=O) groups excluding carboxylic acids is 1. The van der Waals surface area contributed by atoms with Gasteiger partial charge in [-0.2, -0.15) is 0 Å². The summed E-state index contributed by atoms with van der Waals surface area (Å²) < 4.78 is 5.32. The minimum absolute atomic E-state index is 0.184. The summed E-state index contributed by atoms with van der Waals surface area (Å²) in [5.74, 6) is 1.28. The summed E-state index contributed by atoms with van der Waals surface area (Å²) in [5.41, 5.74) is 3.82. The molecule has 1 atom stereocenters.